The molecule has 4 nitrogen and oxygen atoms in total. The van der Waals surface area contributed by atoms with Crippen LogP contribution < -0.4 is 0 Å². The van der Waals surface area contributed by atoms with E-state index in [4.69, 9.17) is 0 Å². The minimum absolute atomic E-state index is 0.0605. The maximum atomic E-state index is 13.6. The molecule has 0 saturated carbocycles. The molecule has 8 heteroatoms. The average molecular weight is 318 g/mol. The van der Waals surface area contributed by atoms with Gasteiger partial charge in [0.1, 0.15) is 5.82 Å². The second kappa shape index (κ2) is 6.33. The summed E-state index contributed by atoms with van der Waals surface area (Å²) in [6, 6.07) is 5.41. The van der Waals surface area contributed by atoms with E-state index in [9.17, 15) is 27.2 Å². The Morgan fingerprint density at radius 2 is 1.55 bits per heavy atom. The summed E-state index contributed by atoms with van der Waals surface area (Å²) < 4.78 is 50.9. The number of alkyl halides is 3. The van der Waals surface area contributed by atoms with Crippen molar-refractivity contribution in [3.05, 3.63) is 35.6 Å². The third kappa shape index (κ3) is 3.55. The normalized spacial score (nSPS) is 16.4. The Kier molecular flexibility index (Phi) is 4.68. The maximum absolute atomic E-state index is 13.6. The molecule has 1 aromatic carbocycles. The number of hydrogen-bond acceptors (Lipinski definition) is 2. The van der Waals surface area contributed by atoms with Gasteiger partial charge < -0.3 is 9.80 Å². The lowest BCUT2D eigenvalue weighted by Crippen LogP contribution is -2.43. The van der Waals surface area contributed by atoms with Crippen molar-refractivity contribution in [2.75, 3.05) is 26.2 Å². The molecule has 0 atom stereocenters. The summed E-state index contributed by atoms with van der Waals surface area (Å²) >= 11 is 0. The summed E-state index contributed by atoms with van der Waals surface area (Å²) in [4.78, 5) is 25.4. The molecule has 2 amide bonds. The van der Waals surface area contributed by atoms with Crippen molar-refractivity contribution < 1.29 is 27.2 Å². The molecule has 0 aliphatic carbocycles. The van der Waals surface area contributed by atoms with E-state index in [1.165, 1.54) is 23.1 Å². The van der Waals surface area contributed by atoms with E-state index in [0.29, 0.717) is 4.90 Å². The van der Waals surface area contributed by atoms with Gasteiger partial charge in [0, 0.05) is 26.2 Å². The van der Waals surface area contributed by atoms with Gasteiger partial charge in [-0.05, 0) is 18.6 Å². The zero-order valence-electron chi connectivity index (χ0n) is 11.6. The molecule has 1 aliphatic heterocycles. The van der Waals surface area contributed by atoms with E-state index in [1.807, 2.05) is 0 Å². The van der Waals surface area contributed by atoms with Crippen LogP contribution in [0.1, 0.15) is 16.8 Å². The van der Waals surface area contributed by atoms with E-state index in [2.05, 4.69) is 0 Å². The van der Waals surface area contributed by atoms with Crippen molar-refractivity contribution in [3.8, 4) is 0 Å². The molecule has 1 aromatic rings. The maximum Gasteiger partial charge on any atom is 0.471 e. The van der Waals surface area contributed by atoms with Gasteiger partial charge in [-0.3, -0.25) is 9.59 Å². The third-order valence-corrected chi connectivity index (χ3v) is 3.42. The molecule has 0 aromatic heterocycles. The van der Waals surface area contributed by atoms with Crippen molar-refractivity contribution >= 4 is 11.8 Å². The van der Waals surface area contributed by atoms with Gasteiger partial charge in [0.05, 0.1) is 5.56 Å². The second-order valence-electron chi connectivity index (χ2n) is 4.92. The van der Waals surface area contributed by atoms with Gasteiger partial charge in [-0.1, -0.05) is 12.1 Å². The fourth-order valence-corrected chi connectivity index (χ4v) is 2.31. The first kappa shape index (κ1) is 16.3. The minimum Gasteiger partial charge on any atom is -0.337 e. The number of amides is 2. The molecule has 22 heavy (non-hydrogen) atoms. The number of benzene rings is 1. The second-order valence-corrected chi connectivity index (χ2v) is 4.92. The predicted octanol–water partition coefficient (Wildman–Crippen LogP) is 2.06. The fraction of sp³-hybridized carbons (Fsp3) is 0.429. The van der Waals surface area contributed by atoms with Gasteiger partial charge in [-0.25, -0.2) is 4.39 Å². The van der Waals surface area contributed by atoms with E-state index in [-0.39, 0.29) is 38.2 Å². The standard InChI is InChI=1S/C14H14F4N2O2/c15-11-5-2-1-4-10(11)12(21)19-6-3-7-20(9-8-19)13(22)14(16,17)18/h1-2,4-5H,3,6-9H2. The molecule has 0 bridgehead atoms. The lowest BCUT2D eigenvalue weighted by atomic mass is 10.2. The van der Waals surface area contributed by atoms with Crippen LogP contribution in [0.4, 0.5) is 17.6 Å². The zero-order chi connectivity index (χ0) is 16.3. The summed E-state index contributed by atoms with van der Waals surface area (Å²) in [5.41, 5.74) is -0.127. The molecule has 0 radical (unpaired) electrons. The average Bonchev–Trinajstić information content (AvgIpc) is 2.71. The van der Waals surface area contributed by atoms with Crippen LogP contribution in [0.15, 0.2) is 24.3 Å². The number of hydrogen-bond donors (Lipinski definition) is 0. The van der Waals surface area contributed by atoms with Gasteiger partial charge in [0.25, 0.3) is 5.91 Å². The quantitative estimate of drug-likeness (QED) is 0.744. The van der Waals surface area contributed by atoms with Crippen LogP contribution in [-0.4, -0.2) is 54.0 Å². The summed E-state index contributed by atoms with van der Waals surface area (Å²) in [5, 5.41) is 0. The highest BCUT2D eigenvalue weighted by molar-refractivity contribution is 5.94. The molecule has 0 unspecified atom stereocenters. The van der Waals surface area contributed by atoms with E-state index < -0.39 is 23.8 Å². The lowest BCUT2D eigenvalue weighted by Gasteiger charge is -2.23. The Labute approximate surface area is 124 Å². The molecule has 1 fully saturated rings. The molecule has 1 heterocycles. The van der Waals surface area contributed by atoms with Crippen LogP contribution >= 0.6 is 0 Å². The Morgan fingerprint density at radius 3 is 2.18 bits per heavy atom. The number of nitrogens with zero attached hydrogens (tertiary/aromatic N) is 2. The first-order chi connectivity index (χ1) is 10.3. The Hall–Kier alpha value is -2.12. The minimum atomic E-state index is -4.93. The van der Waals surface area contributed by atoms with Crippen LogP contribution in [0.5, 0.6) is 0 Å². The van der Waals surface area contributed by atoms with Gasteiger partial charge in [0.2, 0.25) is 0 Å². The van der Waals surface area contributed by atoms with Crippen molar-refractivity contribution in [1.82, 2.24) is 9.80 Å². The van der Waals surface area contributed by atoms with Gasteiger partial charge in [0.15, 0.2) is 0 Å². The van der Waals surface area contributed by atoms with E-state index in [1.54, 1.807) is 0 Å². The summed E-state index contributed by atoms with van der Waals surface area (Å²) in [5.74, 6) is -3.17. The first-order valence-electron chi connectivity index (χ1n) is 6.70. The Bertz CT molecular complexity index is 574. The lowest BCUT2D eigenvalue weighted by molar-refractivity contribution is -0.185. The van der Waals surface area contributed by atoms with Crippen molar-refractivity contribution in [1.29, 1.82) is 0 Å². The first-order valence-corrected chi connectivity index (χ1v) is 6.70. The topological polar surface area (TPSA) is 40.6 Å². The molecule has 1 saturated heterocycles. The number of halogens is 4. The highest BCUT2D eigenvalue weighted by Gasteiger charge is 2.42. The molecule has 0 spiro atoms. The molecule has 120 valence electrons. The summed E-state index contributed by atoms with van der Waals surface area (Å²) in [6.45, 7) is -0.193. The van der Waals surface area contributed by atoms with Crippen molar-refractivity contribution in [3.63, 3.8) is 0 Å². The largest absolute Gasteiger partial charge is 0.471 e. The molecular formula is C14H14F4N2O2. The SMILES string of the molecule is O=C(c1ccccc1F)N1CCCN(C(=O)C(F)(F)F)CC1. The Morgan fingerprint density at radius 1 is 0.955 bits per heavy atom. The van der Waals surface area contributed by atoms with Crippen LogP contribution in [0, 0.1) is 5.82 Å². The van der Waals surface area contributed by atoms with Gasteiger partial charge >= 0.3 is 12.1 Å². The smallest absolute Gasteiger partial charge is 0.337 e. The molecule has 2 rings (SSSR count). The molecule has 1 aliphatic rings. The fourth-order valence-electron chi connectivity index (χ4n) is 2.31. The number of carbonyl (C=O) groups excluding carboxylic acids is 2. The highest BCUT2D eigenvalue weighted by Crippen LogP contribution is 2.20. The monoisotopic (exact) mass is 318 g/mol. The molecular weight excluding hydrogens is 304 g/mol. The van der Waals surface area contributed by atoms with Crippen molar-refractivity contribution in [2.45, 2.75) is 12.6 Å². The zero-order valence-corrected chi connectivity index (χ0v) is 11.6. The van der Waals surface area contributed by atoms with Gasteiger partial charge in [-0.15, -0.1) is 0 Å². The van der Waals surface area contributed by atoms with Crippen LogP contribution in [0.25, 0.3) is 0 Å². The van der Waals surface area contributed by atoms with Crippen LogP contribution in [0.2, 0.25) is 0 Å². The number of carbonyl (C=O) groups is 2. The highest BCUT2D eigenvalue weighted by atomic mass is 19.4. The Balaban J connectivity index is 2.06. The summed E-state index contributed by atoms with van der Waals surface area (Å²) in [6.07, 6.45) is -4.72. The summed E-state index contributed by atoms with van der Waals surface area (Å²) in [7, 11) is 0. The van der Waals surface area contributed by atoms with Crippen LogP contribution in [0.3, 0.4) is 0 Å². The predicted molar refractivity (Wildman–Crippen MR) is 69.6 cm³/mol. The van der Waals surface area contributed by atoms with Gasteiger partial charge in [-0.2, -0.15) is 13.2 Å². The third-order valence-electron chi connectivity index (χ3n) is 3.42. The number of rotatable bonds is 1. The van der Waals surface area contributed by atoms with E-state index in [0.717, 1.165) is 6.07 Å². The van der Waals surface area contributed by atoms with Crippen molar-refractivity contribution in [2.24, 2.45) is 0 Å². The molecule has 0 N–H and O–H groups in total. The van der Waals surface area contributed by atoms with Crippen LogP contribution in [-0.2, 0) is 4.79 Å². The van der Waals surface area contributed by atoms with E-state index >= 15 is 0 Å².